The van der Waals surface area contributed by atoms with Crippen molar-refractivity contribution in [2.45, 2.75) is 19.8 Å². The van der Waals surface area contributed by atoms with Gasteiger partial charge in [0.1, 0.15) is 0 Å². The molecule has 2 aromatic rings. The van der Waals surface area contributed by atoms with Crippen LogP contribution in [0.4, 0.5) is 0 Å². The zero-order chi connectivity index (χ0) is 11.4. The van der Waals surface area contributed by atoms with Gasteiger partial charge in [-0.1, -0.05) is 25.5 Å². The summed E-state index contributed by atoms with van der Waals surface area (Å²) < 4.78 is 5.51. The van der Waals surface area contributed by atoms with Gasteiger partial charge >= 0.3 is 5.69 Å². The fourth-order valence-electron chi connectivity index (χ4n) is 1.50. The molecule has 1 aromatic carbocycles. The summed E-state index contributed by atoms with van der Waals surface area (Å²) >= 11 is 0. The third-order valence-electron chi connectivity index (χ3n) is 2.34. The Morgan fingerprint density at radius 3 is 3.00 bits per heavy atom. The van der Waals surface area contributed by atoms with Gasteiger partial charge in [-0.2, -0.15) is 4.98 Å². The molecular weight excluding hydrogens is 204 g/mol. The van der Waals surface area contributed by atoms with Crippen LogP contribution in [0.15, 0.2) is 29.1 Å². The molecule has 2 rings (SSSR count). The molecule has 4 nitrogen and oxygen atoms in total. The molecule has 0 radical (unpaired) electrons. The summed E-state index contributed by atoms with van der Waals surface area (Å²) in [6.45, 7) is 2.68. The Morgan fingerprint density at radius 2 is 2.19 bits per heavy atom. The lowest BCUT2D eigenvalue weighted by molar-refractivity contribution is 0.300. The number of aromatic amines is 1. The Hall–Kier alpha value is -1.84. The minimum atomic E-state index is -0.370. The van der Waals surface area contributed by atoms with Gasteiger partial charge in [-0.25, -0.2) is 4.79 Å². The molecule has 0 bridgehead atoms. The van der Waals surface area contributed by atoms with E-state index in [0.29, 0.717) is 12.5 Å². The first-order valence-corrected chi connectivity index (χ1v) is 5.43. The van der Waals surface area contributed by atoms with Crippen molar-refractivity contribution < 1.29 is 4.74 Å². The average Bonchev–Trinajstić information content (AvgIpc) is 2.29. The van der Waals surface area contributed by atoms with Gasteiger partial charge in [-0.05, 0) is 18.6 Å². The summed E-state index contributed by atoms with van der Waals surface area (Å²) in [6, 6.07) is 7.49. The van der Waals surface area contributed by atoms with E-state index in [4.69, 9.17) is 4.74 Å². The summed E-state index contributed by atoms with van der Waals surface area (Å²) in [5.41, 5.74) is 0.388. The lowest BCUT2D eigenvalue weighted by Gasteiger charge is -2.06. The predicted molar refractivity (Wildman–Crippen MR) is 62.8 cm³/mol. The Labute approximate surface area is 93.3 Å². The van der Waals surface area contributed by atoms with Gasteiger partial charge in [0, 0.05) is 0 Å². The van der Waals surface area contributed by atoms with Gasteiger partial charge < -0.3 is 9.72 Å². The van der Waals surface area contributed by atoms with Crippen LogP contribution >= 0.6 is 0 Å². The Balaban J connectivity index is 2.38. The third-order valence-corrected chi connectivity index (χ3v) is 2.34. The standard InChI is InChI=1S/C12H14N2O2/c1-2-3-8-16-11-9-6-4-5-7-10(9)13-12(15)14-11/h4-7H,2-3,8H2,1H3,(H,13,14,15). The monoisotopic (exact) mass is 218 g/mol. The van der Waals surface area contributed by atoms with E-state index in [1.807, 2.05) is 24.3 Å². The van der Waals surface area contributed by atoms with Crippen molar-refractivity contribution >= 4 is 10.9 Å². The number of para-hydroxylation sites is 1. The van der Waals surface area contributed by atoms with Crippen molar-refractivity contribution in [2.24, 2.45) is 0 Å². The average molecular weight is 218 g/mol. The number of fused-ring (bicyclic) bond motifs is 1. The van der Waals surface area contributed by atoms with Crippen LogP contribution in [0, 0.1) is 0 Å². The first kappa shape index (κ1) is 10.7. The molecule has 0 saturated heterocycles. The molecule has 0 aliphatic carbocycles. The third kappa shape index (κ3) is 2.21. The number of unbranched alkanes of at least 4 members (excludes halogenated alkanes) is 1. The lowest BCUT2D eigenvalue weighted by atomic mass is 10.2. The number of nitrogens with zero attached hydrogens (tertiary/aromatic N) is 1. The first-order chi connectivity index (χ1) is 7.81. The molecule has 1 aromatic heterocycles. The van der Waals surface area contributed by atoms with E-state index >= 15 is 0 Å². The molecule has 0 atom stereocenters. The van der Waals surface area contributed by atoms with Crippen LogP contribution in [-0.2, 0) is 0 Å². The Kier molecular flexibility index (Phi) is 3.19. The quantitative estimate of drug-likeness (QED) is 0.799. The van der Waals surface area contributed by atoms with Gasteiger partial charge in [0.15, 0.2) is 0 Å². The summed E-state index contributed by atoms with van der Waals surface area (Å²) in [4.78, 5) is 17.8. The minimum absolute atomic E-state index is 0.370. The summed E-state index contributed by atoms with van der Waals surface area (Å²) in [6.07, 6.45) is 2.02. The van der Waals surface area contributed by atoms with Gasteiger partial charge in [0.2, 0.25) is 5.88 Å². The second-order valence-electron chi connectivity index (χ2n) is 3.59. The molecule has 0 aliphatic rings. The van der Waals surface area contributed by atoms with Crippen LogP contribution in [0.5, 0.6) is 5.88 Å². The topological polar surface area (TPSA) is 55.0 Å². The molecule has 0 fully saturated rings. The van der Waals surface area contributed by atoms with Crippen LogP contribution in [0.1, 0.15) is 19.8 Å². The maximum absolute atomic E-state index is 11.3. The molecule has 1 N–H and O–H groups in total. The van der Waals surface area contributed by atoms with Crippen LogP contribution in [-0.4, -0.2) is 16.6 Å². The number of H-pyrrole nitrogens is 1. The fourth-order valence-corrected chi connectivity index (χ4v) is 1.50. The highest BCUT2D eigenvalue weighted by Gasteiger charge is 2.04. The van der Waals surface area contributed by atoms with Crippen LogP contribution in [0.2, 0.25) is 0 Å². The van der Waals surface area contributed by atoms with Crippen molar-refractivity contribution in [1.29, 1.82) is 0 Å². The molecule has 0 saturated carbocycles. The minimum Gasteiger partial charge on any atom is -0.477 e. The highest BCUT2D eigenvalue weighted by atomic mass is 16.5. The van der Waals surface area contributed by atoms with E-state index in [1.165, 1.54) is 0 Å². The molecule has 84 valence electrons. The number of benzene rings is 1. The zero-order valence-electron chi connectivity index (χ0n) is 9.19. The van der Waals surface area contributed by atoms with E-state index < -0.39 is 0 Å². The predicted octanol–water partition coefficient (Wildman–Crippen LogP) is 2.10. The Morgan fingerprint density at radius 1 is 1.38 bits per heavy atom. The SMILES string of the molecule is CCCCOc1nc(=O)[nH]c2ccccc12. The lowest BCUT2D eigenvalue weighted by Crippen LogP contribution is -2.12. The highest BCUT2D eigenvalue weighted by molar-refractivity contribution is 5.82. The summed E-state index contributed by atoms with van der Waals surface area (Å²) in [5, 5.41) is 0.846. The fraction of sp³-hybridized carbons (Fsp3) is 0.333. The van der Waals surface area contributed by atoms with E-state index in [2.05, 4.69) is 16.9 Å². The number of hydrogen-bond acceptors (Lipinski definition) is 3. The number of nitrogens with one attached hydrogen (secondary N) is 1. The smallest absolute Gasteiger partial charge is 0.348 e. The molecule has 1 heterocycles. The number of ether oxygens (including phenoxy) is 1. The van der Waals surface area contributed by atoms with Crippen LogP contribution in [0.3, 0.4) is 0 Å². The Bertz CT molecular complexity index is 534. The largest absolute Gasteiger partial charge is 0.477 e. The summed E-state index contributed by atoms with van der Waals surface area (Å²) in [5.74, 6) is 0.424. The number of rotatable bonds is 4. The molecule has 16 heavy (non-hydrogen) atoms. The molecular formula is C12H14N2O2. The van der Waals surface area contributed by atoms with Gasteiger partial charge in [0.05, 0.1) is 17.5 Å². The second-order valence-corrected chi connectivity index (χ2v) is 3.59. The van der Waals surface area contributed by atoms with Crippen LogP contribution < -0.4 is 10.4 Å². The molecule has 0 spiro atoms. The van der Waals surface area contributed by atoms with E-state index in [1.54, 1.807) is 0 Å². The van der Waals surface area contributed by atoms with Crippen molar-refractivity contribution in [1.82, 2.24) is 9.97 Å². The van der Waals surface area contributed by atoms with Crippen molar-refractivity contribution in [2.75, 3.05) is 6.61 Å². The molecule has 4 heteroatoms. The number of hydrogen-bond donors (Lipinski definition) is 1. The second kappa shape index (κ2) is 4.79. The van der Waals surface area contributed by atoms with E-state index in [9.17, 15) is 4.79 Å². The maximum Gasteiger partial charge on any atom is 0.348 e. The van der Waals surface area contributed by atoms with E-state index in [-0.39, 0.29) is 5.69 Å². The van der Waals surface area contributed by atoms with Gasteiger partial charge in [0.25, 0.3) is 0 Å². The first-order valence-electron chi connectivity index (χ1n) is 5.43. The van der Waals surface area contributed by atoms with Crippen molar-refractivity contribution in [3.63, 3.8) is 0 Å². The molecule has 0 unspecified atom stereocenters. The number of aromatic nitrogens is 2. The van der Waals surface area contributed by atoms with E-state index in [0.717, 1.165) is 23.7 Å². The highest BCUT2D eigenvalue weighted by Crippen LogP contribution is 2.19. The normalized spacial score (nSPS) is 10.6. The zero-order valence-corrected chi connectivity index (χ0v) is 9.19. The molecule has 0 aliphatic heterocycles. The summed E-state index contributed by atoms with van der Waals surface area (Å²) in [7, 11) is 0. The van der Waals surface area contributed by atoms with Gasteiger partial charge in [-0.3, -0.25) is 0 Å². The van der Waals surface area contributed by atoms with Crippen molar-refractivity contribution in [3.8, 4) is 5.88 Å². The van der Waals surface area contributed by atoms with Crippen LogP contribution in [0.25, 0.3) is 10.9 Å². The van der Waals surface area contributed by atoms with Gasteiger partial charge in [-0.15, -0.1) is 0 Å². The van der Waals surface area contributed by atoms with Crippen molar-refractivity contribution in [3.05, 3.63) is 34.7 Å². The maximum atomic E-state index is 11.3. The molecule has 0 amide bonds.